The minimum atomic E-state index is -0.792. The molecule has 0 spiro atoms. The van der Waals surface area contributed by atoms with Crippen LogP contribution >= 0.6 is 0 Å². The topological polar surface area (TPSA) is 70.8 Å². The third kappa shape index (κ3) is 5.40. The minimum Gasteiger partial charge on any atom is -0.477 e. The number of nitrogens with two attached hydrogens (primary N) is 1. The van der Waals surface area contributed by atoms with Gasteiger partial charge >= 0.3 is 6.16 Å². The summed E-state index contributed by atoms with van der Waals surface area (Å²) in [5.41, 5.74) is 5.23. The van der Waals surface area contributed by atoms with Gasteiger partial charge < -0.3 is 19.9 Å². The van der Waals surface area contributed by atoms with Crippen molar-refractivity contribution in [3.05, 3.63) is 12.1 Å². The van der Waals surface area contributed by atoms with Crippen LogP contribution in [0.15, 0.2) is 12.1 Å². The van der Waals surface area contributed by atoms with Gasteiger partial charge in [0.25, 0.3) is 0 Å². The van der Waals surface area contributed by atoms with Crippen LogP contribution in [-0.4, -0.2) is 19.4 Å². The van der Waals surface area contributed by atoms with Crippen molar-refractivity contribution in [3.63, 3.8) is 0 Å². The second-order valence-electron chi connectivity index (χ2n) is 1.75. The molecule has 0 atom stereocenters. The summed E-state index contributed by atoms with van der Waals surface area (Å²) in [6, 6.07) is 0. The fourth-order valence-electron chi connectivity index (χ4n) is 0.459. The van der Waals surface area contributed by atoms with Crippen LogP contribution in [0.4, 0.5) is 4.79 Å². The van der Waals surface area contributed by atoms with Crippen LogP contribution in [0.1, 0.15) is 13.8 Å². The van der Waals surface area contributed by atoms with Crippen molar-refractivity contribution in [2.45, 2.75) is 13.8 Å². The molecule has 12 heavy (non-hydrogen) atoms. The largest absolute Gasteiger partial charge is 0.513 e. The maximum Gasteiger partial charge on any atom is 0.513 e. The van der Waals surface area contributed by atoms with Gasteiger partial charge in [-0.1, -0.05) is 0 Å². The monoisotopic (exact) mass is 175 g/mol. The number of ether oxygens (including phenoxy) is 3. The fraction of sp³-hybridized carbons (Fsp3) is 0.571. The molecule has 0 radical (unpaired) electrons. The van der Waals surface area contributed by atoms with Gasteiger partial charge in [-0.05, 0) is 13.8 Å². The zero-order valence-corrected chi connectivity index (χ0v) is 7.20. The molecule has 0 aromatic rings. The Bertz CT molecular complexity index is 167. The van der Waals surface area contributed by atoms with Crippen molar-refractivity contribution < 1.29 is 19.0 Å². The van der Waals surface area contributed by atoms with Crippen LogP contribution in [-0.2, 0) is 14.2 Å². The number of carbonyl (C=O) groups is 1. The van der Waals surface area contributed by atoms with Crippen LogP contribution in [0.5, 0.6) is 0 Å². The zero-order chi connectivity index (χ0) is 9.40. The molecule has 0 saturated heterocycles. The van der Waals surface area contributed by atoms with Crippen molar-refractivity contribution in [2.24, 2.45) is 5.73 Å². The Labute approximate surface area is 71.1 Å². The summed E-state index contributed by atoms with van der Waals surface area (Å²) >= 11 is 0. The van der Waals surface area contributed by atoms with Crippen molar-refractivity contribution in [2.75, 3.05) is 13.2 Å². The van der Waals surface area contributed by atoms with Crippen molar-refractivity contribution in [1.29, 1.82) is 0 Å². The van der Waals surface area contributed by atoms with E-state index < -0.39 is 6.16 Å². The summed E-state index contributed by atoms with van der Waals surface area (Å²) in [7, 11) is 0. The van der Waals surface area contributed by atoms with Gasteiger partial charge in [0.1, 0.15) is 0 Å². The summed E-state index contributed by atoms with van der Waals surface area (Å²) < 4.78 is 13.7. The molecule has 0 unspecified atom stereocenters. The molecule has 0 heterocycles. The number of carbonyl (C=O) groups excluding carboxylic acids is 1. The molecule has 2 N–H and O–H groups in total. The lowest BCUT2D eigenvalue weighted by Crippen LogP contribution is -2.07. The maximum absolute atomic E-state index is 10.6. The fourth-order valence-corrected chi connectivity index (χ4v) is 0.459. The molecule has 0 rings (SSSR count). The standard InChI is InChI=1S/C7H13NO4/c1-3-10-6(8)5-12-7(9)11-4-2/h5H,3-4,8H2,1-2H3/b6-5+. The van der Waals surface area contributed by atoms with Gasteiger partial charge in [-0.15, -0.1) is 0 Å². The SMILES string of the molecule is CCOC(=O)O/C=C(\N)OCC. The molecule has 0 bridgehead atoms. The van der Waals surface area contributed by atoms with E-state index in [2.05, 4.69) is 9.47 Å². The molecule has 0 aliphatic heterocycles. The normalized spacial score (nSPS) is 10.7. The third-order valence-electron chi connectivity index (χ3n) is 0.844. The molecule has 5 nitrogen and oxygen atoms in total. The van der Waals surface area contributed by atoms with Crippen molar-refractivity contribution >= 4 is 6.16 Å². The van der Waals surface area contributed by atoms with Crippen LogP contribution in [0.2, 0.25) is 0 Å². The van der Waals surface area contributed by atoms with E-state index in [9.17, 15) is 4.79 Å². The lowest BCUT2D eigenvalue weighted by molar-refractivity contribution is 0.0847. The van der Waals surface area contributed by atoms with E-state index in [4.69, 9.17) is 10.5 Å². The Hall–Kier alpha value is -1.39. The Morgan fingerprint density at radius 2 is 1.92 bits per heavy atom. The van der Waals surface area contributed by atoms with Crippen molar-refractivity contribution in [3.8, 4) is 0 Å². The van der Waals surface area contributed by atoms with Crippen molar-refractivity contribution in [1.82, 2.24) is 0 Å². The van der Waals surface area contributed by atoms with E-state index in [1.807, 2.05) is 0 Å². The molecule has 0 aliphatic rings. The molecule has 0 aromatic carbocycles. The molecule has 0 fully saturated rings. The number of hydrogen-bond donors (Lipinski definition) is 1. The molecular weight excluding hydrogens is 162 g/mol. The summed E-state index contributed by atoms with van der Waals surface area (Å²) in [4.78, 5) is 10.6. The average molecular weight is 175 g/mol. The number of rotatable bonds is 4. The van der Waals surface area contributed by atoms with E-state index in [0.29, 0.717) is 6.61 Å². The molecule has 70 valence electrons. The van der Waals surface area contributed by atoms with Gasteiger partial charge in [-0.25, -0.2) is 4.79 Å². The van der Waals surface area contributed by atoms with Crippen LogP contribution in [0.25, 0.3) is 0 Å². The van der Waals surface area contributed by atoms with Gasteiger partial charge in [0, 0.05) is 0 Å². The van der Waals surface area contributed by atoms with Gasteiger partial charge in [0.05, 0.1) is 13.2 Å². The summed E-state index contributed by atoms with van der Waals surface area (Å²) in [5, 5.41) is 0. The van der Waals surface area contributed by atoms with E-state index in [1.165, 1.54) is 0 Å². The summed E-state index contributed by atoms with van der Waals surface area (Å²) in [5.74, 6) is 0.0468. The first-order valence-electron chi connectivity index (χ1n) is 3.62. The summed E-state index contributed by atoms with van der Waals surface area (Å²) in [6.45, 7) is 4.14. The van der Waals surface area contributed by atoms with E-state index in [0.717, 1.165) is 6.26 Å². The lowest BCUT2D eigenvalue weighted by atomic mass is 10.8. The molecule has 0 saturated carbocycles. The minimum absolute atomic E-state index is 0.0468. The van der Waals surface area contributed by atoms with E-state index in [-0.39, 0.29) is 12.5 Å². The highest BCUT2D eigenvalue weighted by molar-refractivity contribution is 5.60. The molecule has 0 aromatic heterocycles. The quantitative estimate of drug-likeness (QED) is 0.509. The van der Waals surface area contributed by atoms with Crippen LogP contribution < -0.4 is 5.73 Å². The Kier molecular flexibility index (Phi) is 5.60. The third-order valence-corrected chi connectivity index (χ3v) is 0.844. The average Bonchev–Trinajstić information content (AvgIpc) is 2.02. The van der Waals surface area contributed by atoms with Crippen LogP contribution in [0, 0.1) is 0 Å². The Balaban J connectivity index is 3.63. The first-order valence-corrected chi connectivity index (χ1v) is 3.62. The van der Waals surface area contributed by atoms with Gasteiger partial charge in [0.15, 0.2) is 6.26 Å². The predicted molar refractivity (Wildman–Crippen MR) is 42.0 cm³/mol. The first kappa shape index (κ1) is 10.6. The second-order valence-corrected chi connectivity index (χ2v) is 1.75. The maximum atomic E-state index is 10.6. The molecule has 0 amide bonds. The molecule has 0 aliphatic carbocycles. The van der Waals surface area contributed by atoms with Gasteiger partial charge in [0.2, 0.25) is 5.88 Å². The zero-order valence-electron chi connectivity index (χ0n) is 7.20. The van der Waals surface area contributed by atoms with Gasteiger partial charge in [-0.3, -0.25) is 0 Å². The van der Waals surface area contributed by atoms with Crippen LogP contribution in [0.3, 0.4) is 0 Å². The highest BCUT2D eigenvalue weighted by atomic mass is 16.7. The van der Waals surface area contributed by atoms with E-state index >= 15 is 0 Å². The molecule has 5 heteroatoms. The highest BCUT2D eigenvalue weighted by Crippen LogP contribution is 1.91. The Morgan fingerprint density at radius 1 is 1.33 bits per heavy atom. The second kappa shape index (κ2) is 6.33. The van der Waals surface area contributed by atoms with Gasteiger partial charge in [-0.2, -0.15) is 0 Å². The predicted octanol–water partition coefficient (Wildman–Crippen LogP) is 0.954. The smallest absolute Gasteiger partial charge is 0.477 e. The summed E-state index contributed by atoms with van der Waals surface area (Å²) in [6.07, 6.45) is 0.210. The molecular formula is C7H13NO4. The highest BCUT2D eigenvalue weighted by Gasteiger charge is 1.99. The first-order chi connectivity index (χ1) is 5.70. The lowest BCUT2D eigenvalue weighted by Gasteiger charge is -2.02. The number of hydrogen-bond acceptors (Lipinski definition) is 5. The Morgan fingerprint density at radius 3 is 2.42 bits per heavy atom. The van der Waals surface area contributed by atoms with E-state index in [1.54, 1.807) is 13.8 Å².